The van der Waals surface area contributed by atoms with Gasteiger partial charge in [0.15, 0.2) is 0 Å². The fraction of sp³-hybridized carbons (Fsp3) is 0.250. The molecule has 4 aromatic carbocycles. The molecule has 0 aliphatic heterocycles. The first-order valence-corrected chi connectivity index (χ1v) is 15.1. The number of anilines is 4. The first-order valence-electron chi connectivity index (χ1n) is 13.6. The van der Waals surface area contributed by atoms with Crippen molar-refractivity contribution in [1.29, 1.82) is 0 Å². The molecule has 2 aliphatic carbocycles. The molecular formula is C32H34N4O2S. The Hall–Kier alpha value is -3.97. The molecule has 7 heteroatoms. The zero-order chi connectivity index (χ0) is 28.0. The first-order chi connectivity index (χ1) is 18.6. The highest BCUT2D eigenvalue weighted by Gasteiger charge is 2.42. The number of hydrogen-bond acceptors (Lipinski definition) is 6. The summed E-state index contributed by atoms with van der Waals surface area (Å²) in [7, 11) is -4.08. The second-order valence-corrected chi connectivity index (χ2v) is 12.2. The van der Waals surface area contributed by atoms with Crippen LogP contribution in [-0.4, -0.2) is 8.42 Å². The smallest absolute Gasteiger partial charge is 0.208 e. The van der Waals surface area contributed by atoms with Gasteiger partial charge in [0.25, 0.3) is 0 Å². The molecule has 0 bridgehead atoms. The van der Waals surface area contributed by atoms with Gasteiger partial charge in [0.05, 0.1) is 9.79 Å². The van der Waals surface area contributed by atoms with Gasteiger partial charge in [0, 0.05) is 33.9 Å². The predicted molar refractivity (Wildman–Crippen MR) is 162 cm³/mol. The van der Waals surface area contributed by atoms with Crippen LogP contribution in [0.5, 0.6) is 0 Å². The van der Waals surface area contributed by atoms with Gasteiger partial charge in [-0.05, 0) is 106 Å². The van der Waals surface area contributed by atoms with Crippen LogP contribution in [0.1, 0.15) is 49.9 Å². The summed E-state index contributed by atoms with van der Waals surface area (Å²) in [6, 6.07) is 11.5. The zero-order valence-electron chi connectivity index (χ0n) is 22.8. The molecule has 0 amide bonds. The van der Waals surface area contributed by atoms with Gasteiger partial charge in [-0.25, -0.2) is 8.42 Å². The maximum Gasteiger partial charge on any atom is 0.208 e. The summed E-state index contributed by atoms with van der Waals surface area (Å²) in [4.78, 5) is 0.566. The van der Waals surface area contributed by atoms with Crippen LogP contribution in [0.25, 0.3) is 44.5 Å². The lowest BCUT2D eigenvalue weighted by molar-refractivity contribution is 0.594. The lowest BCUT2D eigenvalue weighted by atomic mass is 9.75. The van der Waals surface area contributed by atoms with E-state index in [1.54, 1.807) is 0 Å². The quantitative estimate of drug-likeness (QED) is 0.181. The molecule has 0 radical (unpaired) electrons. The minimum atomic E-state index is -4.08. The Morgan fingerprint density at radius 1 is 0.487 bits per heavy atom. The summed E-state index contributed by atoms with van der Waals surface area (Å²) >= 11 is 0. The summed E-state index contributed by atoms with van der Waals surface area (Å²) in [5.74, 6) is 0. The van der Waals surface area contributed by atoms with Gasteiger partial charge in [0.1, 0.15) is 0 Å². The minimum absolute atomic E-state index is 0.283. The number of nitrogen functional groups attached to an aromatic ring is 4. The van der Waals surface area contributed by atoms with Crippen molar-refractivity contribution in [2.75, 3.05) is 22.9 Å². The standard InChI is InChI=1S/C32H34N4O2S/c1-5-15-23(33)11-9-19-21-13-25(35)17(7-3)31(29(21)27(15)19)39(37,38)32-18(8-4)26(36)14-22-20-10-12-24(34)16(6-2)28(20)30(22)32/h9-14H,5-8,33-36H2,1-4H3. The fourth-order valence-electron chi connectivity index (χ4n) is 6.77. The third kappa shape index (κ3) is 3.11. The molecule has 0 fully saturated rings. The molecule has 0 heterocycles. The molecule has 0 unspecified atom stereocenters. The summed E-state index contributed by atoms with van der Waals surface area (Å²) in [6.45, 7) is 7.97. The molecule has 8 N–H and O–H groups in total. The maximum atomic E-state index is 15.1. The number of rotatable bonds is 6. The zero-order valence-corrected chi connectivity index (χ0v) is 23.6. The molecule has 0 saturated carbocycles. The van der Waals surface area contributed by atoms with Crippen LogP contribution >= 0.6 is 0 Å². The summed E-state index contributed by atoms with van der Waals surface area (Å²) in [6.07, 6.45) is 2.34. The van der Waals surface area contributed by atoms with E-state index in [9.17, 15) is 0 Å². The van der Waals surface area contributed by atoms with E-state index in [0.717, 1.165) is 55.6 Å². The van der Waals surface area contributed by atoms with E-state index < -0.39 is 9.84 Å². The summed E-state index contributed by atoms with van der Waals surface area (Å²) < 4.78 is 30.3. The van der Waals surface area contributed by atoms with Crippen LogP contribution in [0, 0.1) is 0 Å². The molecule has 0 saturated heterocycles. The lowest BCUT2D eigenvalue weighted by Crippen LogP contribution is -2.20. The van der Waals surface area contributed by atoms with Crippen molar-refractivity contribution in [2.24, 2.45) is 0 Å². The normalized spacial score (nSPS) is 12.6. The van der Waals surface area contributed by atoms with Crippen LogP contribution in [0.3, 0.4) is 0 Å². The monoisotopic (exact) mass is 538 g/mol. The van der Waals surface area contributed by atoms with Crippen LogP contribution < -0.4 is 22.9 Å². The molecule has 0 spiro atoms. The molecule has 0 aromatic heterocycles. The van der Waals surface area contributed by atoms with E-state index in [0.29, 0.717) is 59.6 Å². The van der Waals surface area contributed by atoms with E-state index in [-0.39, 0.29) is 9.79 Å². The van der Waals surface area contributed by atoms with Crippen LogP contribution in [0.15, 0.2) is 46.2 Å². The number of benzene rings is 4. The topological polar surface area (TPSA) is 138 Å². The van der Waals surface area contributed by atoms with E-state index in [4.69, 9.17) is 22.9 Å². The highest BCUT2D eigenvalue weighted by molar-refractivity contribution is 7.92. The van der Waals surface area contributed by atoms with Crippen molar-refractivity contribution in [3.8, 4) is 44.5 Å². The van der Waals surface area contributed by atoms with Gasteiger partial charge >= 0.3 is 0 Å². The van der Waals surface area contributed by atoms with Crippen LogP contribution in [0.2, 0.25) is 0 Å². The highest BCUT2D eigenvalue weighted by atomic mass is 32.2. The largest absolute Gasteiger partial charge is 0.398 e. The highest BCUT2D eigenvalue weighted by Crippen LogP contribution is 2.60. The Morgan fingerprint density at radius 2 is 0.846 bits per heavy atom. The molecular weight excluding hydrogens is 504 g/mol. The Bertz CT molecular complexity index is 1730. The third-order valence-corrected chi connectivity index (χ3v) is 10.5. The van der Waals surface area contributed by atoms with Crippen molar-refractivity contribution < 1.29 is 8.42 Å². The van der Waals surface area contributed by atoms with Crippen LogP contribution in [-0.2, 0) is 35.5 Å². The van der Waals surface area contributed by atoms with Crippen molar-refractivity contribution in [3.63, 3.8) is 0 Å². The Balaban J connectivity index is 1.73. The van der Waals surface area contributed by atoms with E-state index in [1.165, 1.54) is 0 Å². The number of nitrogens with two attached hydrogens (primary N) is 4. The fourth-order valence-corrected chi connectivity index (χ4v) is 9.11. The molecule has 2 aliphatic rings. The second-order valence-electron chi connectivity index (χ2n) is 10.4. The molecule has 6 rings (SSSR count). The van der Waals surface area contributed by atoms with Crippen molar-refractivity contribution in [1.82, 2.24) is 0 Å². The van der Waals surface area contributed by atoms with E-state index in [2.05, 4.69) is 0 Å². The summed E-state index contributed by atoms with van der Waals surface area (Å²) in [5, 5.41) is 0. The van der Waals surface area contributed by atoms with Gasteiger partial charge in [-0.2, -0.15) is 0 Å². The van der Waals surface area contributed by atoms with Crippen LogP contribution in [0.4, 0.5) is 22.7 Å². The van der Waals surface area contributed by atoms with Crippen molar-refractivity contribution in [2.45, 2.75) is 63.2 Å². The van der Waals surface area contributed by atoms with Gasteiger partial charge in [0.2, 0.25) is 9.84 Å². The number of fused-ring (bicyclic) bond motifs is 8. The average Bonchev–Trinajstić information content (AvgIpc) is 2.90. The average molecular weight is 539 g/mol. The molecule has 39 heavy (non-hydrogen) atoms. The Morgan fingerprint density at radius 3 is 1.18 bits per heavy atom. The molecule has 6 nitrogen and oxygen atoms in total. The van der Waals surface area contributed by atoms with E-state index >= 15 is 8.42 Å². The molecule has 4 aromatic rings. The Kier molecular flexibility index (Phi) is 5.53. The SMILES string of the molecule is CCc1c(N)ccc2c1-c1c-2cc(N)c(CC)c1S(=O)(=O)c1c(CC)c(N)cc2c1-c1c-2ccc(N)c1CC. The van der Waals surface area contributed by atoms with Gasteiger partial charge in [-0.1, -0.05) is 39.8 Å². The van der Waals surface area contributed by atoms with Crippen molar-refractivity contribution >= 4 is 32.6 Å². The number of sulfone groups is 1. The minimum Gasteiger partial charge on any atom is -0.398 e. The van der Waals surface area contributed by atoms with Gasteiger partial charge in [-0.3, -0.25) is 0 Å². The third-order valence-electron chi connectivity index (χ3n) is 8.57. The van der Waals surface area contributed by atoms with Crippen molar-refractivity contribution in [3.05, 3.63) is 58.7 Å². The summed E-state index contributed by atoms with van der Waals surface area (Å²) in [5.41, 5.74) is 38.3. The molecule has 0 atom stereocenters. The Labute approximate surface area is 229 Å². The van der Waals surface area contributed by atoms with E-state index in [1.807, 2.05) is 64.1 Å². The first kappa shape index (κ1) is 25.3. The van der Waals surface area contributed by atoms with Gasteiger partial charge < -0.3 is 22.9 Å². The van der Waals surface area contributed by atoms with Gasteiger partial charge in [-0.15, -0.1) is 0 Å². The molecule has 200 valence electrons. The number of hydrogen-bond donors (Lipinski definition) is 4. The predicted octanol–water partition coefficient (Wildman–Crippen LogP) is 6.39. The second kappa shape index (κ2) is 8.52. The lowest BCUT2D eigenvalue weighted by Gasteiger charge is -2.35. The maximum absolute atomic E-state index is 15.1.